The number of amides is 1. The van der Waals surface area contributed by atoms with E-state index in [0.717, 1.165) is 39.2 Å². The molecule has 2 aliphatic heterocycles. The second-order valence-corrected chi connectivity index (χ2v) is 10.3. The predicted octanol–water partition coefficient (Wildman–Crippen LogP) is 5.88. The molecule has 0 saturated heterocycles. The molecule has 4 rings (SSSR count). The molecule has 1 amide bonds. The number of carbonyl (C=O) groups excluding carboxylic acids is 1. The molecule has 0 bridgehead atoms. The van der Waals surface area contributed by atoms with Gasteiger partial charge in [0.2, 0.25) is 5.17 Å². The van der Waals surface area contributed by atoms with E-state index in [1.165, 1.54) is 16.8 Å². The van der Waals surface area contributed by atoms with Crippen LogP contribution in [0.25, 0.3) is 6.08 Å². The van der Waals surface area contributed by atoms with Crippen LogP contribution in [0, 0.1) is 15.9 Å². The minimum absolute atomic E-state index is 0.0201. The number of nitrogens with zero attached hydrogens (tertiary/aromatic N) is 3. The Kier molecular flexibility index (Phi) is 8.68. The van der Waals surface area contributed by atoms with Crippen LogP contribution < -0.4 is 14.2 Å². The molecule has 8 nitrogen and oxygen atoms in total. The highest BCUT2D eigenvalue weighted by molar-refractivity contribution is 14.1. The van der Waals surface area contributed by atoms with Gasteiger partial charge >= 0.3 is 0 Å². The monoisotopic (exact) mass is 618 g/mol. The summed E-state index contributed by atoms with van der Waals surface area (Å²) in [6.07, 6.45) is 4.50. The number of hydrogen-bond donors (Lipinski definition) is 1. The number of unbranched alkanes of at least 4 members (excludes halogenated alkanes) is 1. The number of hydrazone groups is 1. The van der Waals surface area contributed by atoms with Crippen molar-refractivity contribution >= 4 is 62.4 Å². The summed E-state index contributed by atoms with van der Waals surface area (Å²) in [5.41, 5.74) is 1.95. The van der Waals surface area contributed by atoms with Gasteiger partial charge in [0.15, 0.2) is 17.3 Å². The second kappa shape index (κ2) is 11.9. The molecule has 2 aromatic carbocycles. The number of para-hydroxylation sites is 1. The Morgan fingerprint density at radius 3 is 2.69 bits per heavy atom. The molecule has 2 aliphatic rings. The van der Waals surface area contributed by atoms with Crippen molar-refractivity contribution in [2.75, 3.05) is 20.3 Å². The number of methoxy groups -OCH3 is 1. The van der Waals surface area contributed by atoms with Crippen LogP contribution in [0.15, 0.2) is 52.1 Å². The second-order valence-electron chi connectivity index (χ2n) is 8.11. The van der Waals surface area contributed by atoms with E-state index < -0.39 is 5.91 Å². The Morgan fingerprint density at radius 2 is 1.94 bits per heavy atom. The molecule has 0 radical (unpaired) electrons. The molecule has 188 valence electrons. The van der Waals surface area contributed by atoms with Gasteiger partial charge in [-0.25, -0.2) is 0 Å². The number of aryl methyl sites for hydroxylation is 1. The quantitative estimate of drug-likeness (QED) is 0.203. The minimum Gasteiger partial charge on any atom is -0.493 e. The van der Waals surface area contributed by atoms with Crippen LogP contribution in [0.1, 0.15) is 37.3 Å². The van der Waals surface area contributed by atoms with E-state index in [2.05, 4.69) is 39.6 Å². The van der Waals surface area contributed by atoms with E-state index in [-0.39, 0.29) is 11.4 Å². The Labute approximate surface area is 228 Å². The summed E-state index contributed by atoms with van der Waals surface area (Å²) in [4.78, 5) is 16.9. The largest absolute Gasteiger partial charge is 0.493 e. The lowest BCUT2D eigenvalue weighted by Crippen LogP contribution is -2.35. The molecule has 0 unspecified atom stereocenters. The smallest absolute Gasteiger partial charge is 0.283 e. The van der Waals surface area contributed by atoms with Gasteiger partial charge in [0.1, 0.15) is 24.0 Å². The number of halogens is 1. The SMILES string of the molecule is CCCCC1=NN2C(=N)/C(=C/c3cc(I)c(OCCOc4ccccc4C)c(OC)c3)C(=O)N=C2S1. The van der Waals surface area contributed by atoms with E-state index >= 15 is 0 Å². The molecule has 0 aliphatic carbocycles. The fourth-order valence-electron chi connectivity index (χ4n) is 3.60. The van der Waals surface area contributed by atoms with Crippen LogP contribution in [0.3, 0.4) is 0 Å². The Hall–Kier alpha value is -2.86. The number of thioether (sulfide) groups is 1. The fraction of sp³-hybridized carbons (Fsp3) is 0.308. The number of carbonyl (C=O) groups is 1. The molecule has 36 heavy (non-hydrogen) atoms. The minimum atomic E-state index is -0.451. The molecule has 0 atom stereocenters. The normalized spacial score (nSPS) is 16.1. The number of nitrogens with one attached hydrogen (secondary N) is 1. The van der Waals surface area contributed by atoms with Gasteiger partial charge in [0.05, 0.1) is 16.3 Å². The van der Waals surface area contributed by atoms with Gasteiger partial charge in [-0.05, 0) is 89.5 Å². The number of ether oxygens (including phenoxy) is 3. The van der Waals surface area contributed by atoms with Gasteiger partial charge in [-0.2, -0.15) is 15.1 Å². The number of aliphatic imine (C=N–C) groups is 1. The van der Waals surface area contributed by atoms with Crippen molar-refractivity contribution in [2.24, 2.45) is 10.1 Å². The van der Waals surface area contributed by atoms with Crippen LogP contribution in [0.2, 0.25) is 0 Å². The zero-order valence-corrected chi connectivity index (χ0v) is 23.3. The van der Waals surface area contributed by atoms with Crippen LogP contribution in [-0.2, 0) is 4.79 Å². The van der Waals surface area contributed by atoms with Gasteiger partial charge in [-0.1, -0.05) is 31.5 Å². The summed E-state index contributed by atoms with van der Waals surface area (Å²) < 4.78 is 18.2. The lowest BCUT2D eigenvalue weighted by molar-refractivity contribution is -0.114. The van der Waals surface area contributed by atoms with Crippen molar-refractivity contribution in [1.82, 2.24) is 5.01 Å². The van der Waals surface area contributed by atoms with Gasteiger partial charge in [0, 0.05) is 0 Å². The van der Waals surface area contributed by atoms with E-state index in [4.69, 9.17) is 19.6 Å². The molecule has 10 heteroatoms. The maximum atomic E-state index is 12.7. The molecular weight excluding hydrogens is 591 g/mol. The number of amidine groups is 2. The van der Waals surface area contributed by atoms with Crippen LogP contribution in [0.5, 0.6) is 17.2 Å². The molecule has 0 saturated carbocycles. The molecule has 0 aromatic heterocycles. The van der Waals surface area contributed by atoms with Gasteiger partial charge in [-0.15, -0.1) is 0 Å². The number of hydrogen-bond acceptors (Lipinski definition) is 7. The molecule has 2 aromatic rings. The van der Waals surface area contributed by atoms with E-state index in [9.17, 15) is 4.79 Å². The maximum absolute atomic E-state index is 12.7. The Morgan fingerprint density at radius 1 is 1.17 bits per heavy atom. The van der Waals surface area contributed by atoms with Crippen molar-refractivity contribution in [2.45, 2.75) is 33.1 Å². The highest BCUT2D eigenvalue weighted by atomic mass is 127. The molecular formula is C26H27IN4O4S. The summed E-state index contributed by atoms with van der Waals surface area (Å²) in [5.74, 6) is 1.52. The first kappa shape index (κ1) is 26.2. The number of benzene rings is 2. The van der Waals surface area contributed by atoms with Crippen LogP contribution in [0.4, 0.5) is 0 Å². The third-order valence-corrected chi connectivity index (χ3v) is 7.25. The average molecular weight is 618 g/mol. The Balaban J connectivity index is 1.48. The number of fused-ring (bicyclic) bond motifs is 1. The molecule has 2 heterocycles. The van der Waals surface area contributed by atoms with Crippen molar-refractivity contribution in [3.63, 3.8) is 0 Å². The first-order valence-electron chi connectivity index (χ1n) is 11.6. The highest BCUT2D eigenvalue weighted by Gasteiger charge is 2.35. The number of rotatable bonds is 10. The zero-order chi connectivity index (χ0) is 25.7. The summed E-state index contributed by atoms with van der Waals surface area (Å²) in [5, 5.41) is 15.8. The van der Waals surface area contributed by atoms with Crippen molar-refractivity contribution < 1.29 is 19.0 Å². The zero-order valence-electron chi connectivity index (χ0n) is 20.3. The van der Waals surface area contributed by atoms with Gasteiger partial charge in [-0.3, -0.25) is 10.2 Å². The van der Waals surface area contributed by atoms with Crippen LogP contribution >= 0.6 is 34.4 Å². The lowest BCUT2D eigenvalue weighted by atomic mass is 10.1. The highest BCUT2D eigenvalue weighted by Crippen LogP contribution is 2.36. The first-order chi connectivity index (χ1) is 17.4. The fourth-order valence-corrected chi connectivity index (χ4v) is 5.31. The standard InChI is InChI=1S/C26H27IN4O4S/c1-4-5-10-22-30-31-24(28)18(25(32)29-26(31)36-22)13-17-14-19(27)23(21(15-17)33-3)35-12-11-34-20-9-7-6-8-16(20)2/h6-9,13-15,28H,4-5,10-12H2,1-3H3/b18-13-,28-24?. The third kappa shape index (κ3) is 5.92. The van der Waals surface area contributed by atoms with E-state index in [1.54, 1.807) is 19.3 Å². The average Bonchev–Trinajstić information content (AvgIpc) is 3.27. The van der Waals surface area contributed by atoms with E-state index in [0.29, 0.717) is 35.4 Å². The Bertz CT molecular complexity index is 1270. The third-order valence-electron chi connectivity index (χ3n) is 5.48. The van der Waals surface area contributed by atoms with Gasteiger partial charge < -0.3 is 14.2 Å². The van der Waals surface area contributed by atoms with Crippen molar-refractivity contribution in [3.8, 4) is 17.2 Å². The summed E-state index contributed by atoms with van der Waals surface area (Å²) >= 11 is 3.53. The topological polar surface area (TPSA) is 96.6 Å². The maximum Gasteiger partial charge on any atom is 0.283 e. The predicted molar refractivity (Wildman–Crippen MR) is 152 cm³/mol. The summed E-state index contributed by atoms with van der Waals surface area (Å²) in [7, 11) is 1.57. The van der Waals surface area contributed by atoms with E-state index in [1.807, 2.05) is 37.3 Å². The summed E-state index contributed by atoms with van der Waals surface area (Å²) in [6.45, 7) is 4.84. The lowest BCUT2D eigenvalue weighted by Gasteiger charge is -2.20. The summed E-state index contributed by atoms with van der Waals surface area (Å²) in [6, 6.07) is 11.5. The van der Waals surface area contributed by atoms with Crippen molar-refractivity contribution in [3.05, 3.63) is 56.7 Å². The first-order valence-corrected chi connectivity index (χ1v) is 13.5. The van der Waals surface area contributed by atoms with Crippen LogP contribution in [-0.4, -0.2) is 47.3 Å². The van der Waals surface area contributed by atoms with Gasteiger partial charge in [0.25, 0.3) is 5.91 Å². The van der Waals surface area contributed by atoms with Crippen molar-refractivity contribution in [1.29, 1.82) is 5.41 Å². The molecule has 0 fully saturated rings. The molecule has 0 spiro atoms. The molecule has 1 N–H and O–H groups in total.